The van der Waals surface area contributed by atoms with Crippen molar-refractivity contribution in [2.24, 2.45) is 0 Å². The highest BCUT2D eigenvalue weighted by Gasteiger charge is 2.05. The van der Waals surface area contributed by atoms with Crippen LogP contribution in [0, 0.1) is 3.57 Å². The molecule has 3 aromatic rings. The lowest BCUT2D eigenvalue weighted by Crippen LogP contribution is -1.80. The van der Waals surface area contributed by atoms with E-state index in [0.717, 1.165) is 22.2 Å². The normalized spacial score (nSPS) is 11.0. The summed E-state index contributed by atoms with van der Waals surface area (Å²) in [5.41, 5.74) is 3.03. The first-order valence-electron chi connectivity index (χ1n) is 4.50. The molecule has 74 valence electrons. The molecule has 0 amide bonds. The Bertz CT molecular complexity index is 598. The van der Waals surface area contributed by atoms with Crippen molar-refractivity contribution in [2.75, 3.05) is 0 Å². The maximum Gasteiger partial charge on any atom is 0.0996 e. The lowest BCUT2D eigenvalue weighted by molar-refractivity contribution is 0.568. The number of hydrogen-bond acceptors (Lipinski definition) is 2. The maximum atomic E-state index is 5.03. The zero-order chi connectivity index (χ0) is 10.3. The van der Waals surface area contributed by atoms with Crippen molar-refractivity contribution in [2.45, 2.75) is 0 Å². The number of nitrogens with one attached hydrogen (secondary N) is 1. The van der Waals surface area contributed by atoms with Crippen LogP contribution < -0.4 is 0 Å². The topological polar surface area (TPSA) is 41.8 Å². The van der Waals surface area contributed by atoms with Crippen LogP contribution in [0.2, 0.25) is 0 Å². The Morgan fingerprint density at radius 3 is 3.13 bits per heavy atom. The van der Waals surface area contributed by atoms with Crippen molar-refractivity contribution in [3.8, 4) is 11.3 Å². The number of hydrogen-bond donors (Lipinski definition) is 1. The summed E-state index contributed by atoms with van der Waals surface area (Å²) >= 11 is 2.29. The molecule has 3 nitrogen and oxygen atoms in total. The molecule has 3 aromatic heterocycles. The van der Waals surface area contributed by atoms with Crippen LogP contribution in [0.1, 0.15) is 0 Å². The molecule has 0 radical (unpaired) electrons. The van der Waals surface area contributed by atoms with E-state index in [9.17, 15) is 0 Å². The number of nitrogens with zero attached hydrogens (tertiary/aromatic N) is 1. The average molecular weight is 310 g/mol. The second-order valence-corrected chi connectivity index (χ2v) is 4.43. The van der Waals surface area contributed by atoms with Crippen molar-refractivity contribution < 1.29 is 4.42 Å². The number of furan rings is 1. The summed E-state index contributed by atoms with van der Waals surface area (Å²) < 4.78 is 6.22. The van der Waals surface area contributed by atoms with Crippen LogP contribution in [0.15, 0.2) is 41.5 Å². The van der Waals surface area contributed by atoms with E-state index in [4.69, 9.17) is 4.42 Å². The fourth-order valence-corrected chi connectivity index (χ4v) is 2.14. The molecule has 0 atom stereocenters. The van der Waals surface area contributed by atoms with Gasteiger partial charge in [-0.05, 0) is 34.7 Å². The number of H-pyrrole nitrogens is 1. The van der Waals surface area contributed by atoms with Crippen molar-refractivity contribution >= 4 is 33.5 Å². The van der Waals surface area contributed by atoms with Gasteiger partial charge in [-0.2, -0.15) is 0 Å². The van der Waals surface area contributed by atoms with Crippen LogP contribution in [-0.2, 0) is 0 Å². The summed E-state index contributed by atoms with van der Waals surface area (Å²) in [5, 5.41) is 1.16. The Morgan fingerprint density at radius 2 is 2.33 bits per heavy atom. The highest BCUT2D eigenvalue weighted by Crippen LogP contribution is 2.24. The number of aromatic amines is 1. The predicted octanol–water partition coefficient (Wildman–Crippen LogP) is 3.43. The zero-order valence-electron chi connectivity index (χ0n) is 7.70. The van der Waals surface area contributed by atoms with Crippen LogP contribution in [0.4, 0.5) is 0 Å². The highest BCUT2D eigenvalue weighted by atomic mass is 127. The molecule has 15 heavy (non-hydrogen) atoms. The number of rotatable bonds is 1. The Hall–Kier alpha value is -1.30. The number of fused-ring (bicyclic) bond motifs is 1. The minimum absolute atomic E-state index is 0.925. The molecule has 0 aliphatic heterocycles. The summed E-state index contributed by atoms with van der Waals surface area (Å²) in [5.74, 6) is 0. The van der Waals surface area contributed by atoms with E-state index in [-0.39, 0.29) is 0 Å². The zero-order valence-corrected chi connectivity index (χ0v) is 9.86. The monoisotopic (exact) mass is 310 g/mol. The summed E-state index contributed by atoms with van der Waals surface area (Å²) in [4.78, 5) is 7.61. The molecule has 0 spiro atoms. The highest BCUT2D eigenvalue weighted by molar-refractivity contribution is 14.1. The fraction of sp³-hybridized carbons (Fsp3) is 0. The SMILES string of the molecule is Ic1c[nH]c2cc(-c3ccoc3)ncc12. The number of halogens is 1. The number of aromatic nitrogens is 2. The van der Waals surface area contributed by atoms with E-state index in [1.807, 2.05) is 24.5 Å². The summed E-state index contributed by atoms with van der Waals surface area (Å²) in [6, 6.07) is 3.93. The van der Waals surface area contributed by atoms with Gasteiger partial charge >= 0.3 is 0 Å². The van der Waals surface area contributed by atoms with Gasteiger partial charge in [0.05, 0.1) is 23.7 Å². The van der Waals surface area contributed by atoms with Gasteiger partial charge in [-0.3, -0.25) is 4.98 Å². The van der Waals surface area contributed by atoms with Crippen molar-refractivity contribution in [3.63, 3.8) is 0 Å². The van der Waals surface area contributed by atoms with Gasteiger partial charge in [0, 0.05) is 26.9 Å². The van der Waals surface area contributed by atoms with Crippen molar-refractivity contribution in [1.82, 2.24) is 9.97 Å². The molecule has 0 fully saturated rings. The Balaban J connectivity index is 2.23. The van der Waals surface area contributed by atoms with Crippen molar-refractivity contribution in [3.05, 3.63) is 40.6 Å². The molecule has 4 heteroatoms. The molecule has 0 aromatic carbocycles. The first-order chi connectivity index (χ1) is 7.34. The first-order valence-corrected chi connectivity index (χ1v) is 5.58. The second kappa shape index (κ2) is 3.37. The molecule has 3 rings (SSSR count). The standard InChI is InChI=1S/C11H7IN2O/c12-9-5-14-11-3-10(13-4-8(9)11)7-1-2-15-6-7/h1-6,14H. The van der Waals surface area contributed by atoms with Gasteiger partial charge < -0.3 is 9.40 Å². The van der Waals surface area contributed by atoms with E-state index in [0.29, 0.717) is 0 Å². The molecule has 0 saturated carbocycles. The van der Waals surface area contributed by atoms with Gasteiger partial charge in [0.15, 0.2) is 0 Å². The minimum atomic E-state index is 0.925. The first kappa shape index (κ1) is 8.96. The smallest absolute Gasteiger partial charge is 0.0996 e. The van der Waals surface area contributed by atoms with Gasteiger partial charge in [-0.15, -0.1) is 0 Å². The third-order valence-electron chi connectivity index (χ3n) is 2.33. The lowest BCUT2D eigenvalue weighted by Gasteiger charge is -1.96. The van der Waals surface area contributed by atoms with Crippen LogP contribution in [0.5, 0.6) is 0 Å². The van der Waals surface area contributed by atoms with Crippen LogP contribution in [0.3, 0.4) is 0 Å². The minimum Gasteiger partial charge on any atom is -0.472 e. The number of pyridine rings is 1. The maximum absolute atomic E-state index is 5.03. The molecule has 0 unspecified atom stereocenters. The van der Waals surface area contributed by atoms with Crippen LogP contribution in [-0.4, -0.2) is 9.97 Å². The van der Waals surface area contributed by atoms with Gasteiger partial charge in [-0.25, -0.2) is 0 Å². The van der Waals surface area contributed by atoms with Crippen molar-refractivity contribution in [1.29, 1.82) is 0 Å². The van der Waals surface area contributed by atoms with E-state index < -0.39 is 0 Å². The molecular weight excluding hydrogens is 303 g/mol. The molecule has 0 aliphatic carbocycles. The van der Waals surface area contributed by atoms with Gasteiger partial charge in [0.25, 0.3) is 0 Å². The average Bonchev–Trinajstić information content (AvgIpc) is 2.88. The fourth-order valence-electron chi connectivity index (χ4n) is 1.55. The third-order valence-corrected chi connectivity index (χ3v) is 3.23. The predicted molar refractivity (Wildman–Crippen MR) is 66.5 cm³/mol. The third kappa shape index (κ3) is 1.45. The summed E-state index contributed by atoms with van der Waals surface area (Å²) in [6.45, 7) is 0. The second-order valence-electron chi connectivity index (χ2n) is 3.26. The van der Waals surface area contributed by atoms with E-state index in [1.165, 1.54) is 3.57 Å². The molecule has 0 aliphatic rings. The Morgan fingerprint density at radius 1 is 1.40 bits per heavy atom. The van der Waals surface area contributed by atoms with E-state index in [2.05, 4.69) is 32.6 Å². The molecule has 1 N–H and O–H groups in total. The summed E-state index contributed by atoms with van der Waals surface area (Å²) in [6.07, 6.45) is 7.21. The lowest BCUT2D eigenvalue weighted by atomic mass is 10.2. The molecule has 0 saturated heterocycles. The Labute approximate surface area is 99.7 Å². The van der Waals surface area contributed by atoms with Gasteiger partial charge in [0.2, 0.25) is 0 Å². The van der Waals surface area contributed by atoms with Crippen LogP contribution in [0.25, 0.3) is 22.2 Å². The van der Waals surface area contributed by atoms with Gasteiger partial charge in [-0.1, -0.05) is 0 Å². The Kier molecular flexibility index (Phi) is 2.02. The molecule has 3 heterocycles. The summed E-state index contributed by atoms with van der Waals surface area (Å²) in [7, 11) is 0. The largest absolute Gasteiger partial charge is 0.472 e. The molecule has 0 bridgehead atoms. The van der Waals surface area contributed by atoms with Crippen LogP contribution >= 0.6 is 22.6 Å². The molecular formula is C11H7IN2O. The van der Waals surface area contributed by atoms with Gasteiger partial charge in [0.1, 0.15) is 0 Å². The quantitative estimate of drug-likeness (QED) is 0.700. The van der Waals surface area contributed by atoms with E-state index in [1.54, 1.807) is 12.5 Å². The van der Waals surface area contributed by atoms with E-state index >= 15 is 0 Å².